The monoisotopic (exact) mass is 185 g/mol. The van der Waals surface area contributed by atoms with Crippen LogP contribution < -0.4 is 0 Å². The first-order valence-corrected chi connectivity index (χ1v) is 5.55. The fraction of sp³-hybridized carbons (Fsp3) is 1.00. The Kier molecular flexibility index (Phi) is 4.20. The van der Waals surface area contributed by atoms with E-state index in [0.29, 0.717) is 0 Å². The predicted molar refractivity (Wildman–Crippen MR) is 55.7 cm³/mol. The molecule has 1 rings (SSSR count). The topological polar surface area (TPSA) is 23.5 Å². The Labute approximate surface area is 81.9 Å². The van der Waals surface area contributed by atoms with Gasteiger partial charge < -0.3 is 10.0 Å². The Bertz CT molecular complexity index is 139. The van der Waals surface area contributed by atoms with Gasteiger partial charge in [-0.25, -0.2) is 0 Å². The lowest BCUT2D eigenvalue weighted by Crippen LogP contribution is -2.41. The van der Waals surface area contributed by atoms with E-state index >= 15 is 0 Å². The second-order valence-corrected chi connectivity index (χ2v) is 4.40. The molecule has 0 unspecified atom stereocenters. The smallest absolute Gasteiger partial charge is 0.0546 e. The molecule has 2 heteroatoms. The van der Waals surface area contributed by atoms with Gasteiger partial charge in [-0.15, -0.1) is 0 Å². The lowest BCUT2D eigenvalue weighted by Gasteiger charge is -2.37. The molecule has 0 amide bonds. The minimum absolute atomic E-state index is 0.0000954. The first kappa shape index (κ1) is 11.0. The molecule has 1 aliphatic carbocycles. The summed E-state index contributed by atoms with van der Waals surface area (Å²) in [5, 5.41) is 9.17. The van der Waals surface area contributed by atoms with Crippen molar-refractivity contribution in [2.45, 2.75) is 51.7 Å². The third-order valence-corrected chi connectivity index (χ3v) is 3.32. The molecular formula is C11H23NO. The predicted octanol–water partition coefficient (Wildman–Crippen LogP) is 1.88. The molecule has 0 radical (unpaired) electrons. The van der Waals surface area contributed by atoms with Gasteiger partial charge in [0.15, 0.2) is 0 Å². The van der Waals surface area contributed by atoms with Crippen molar-refractivity contribution < 1.29 is 5.11 Å². The quantitative estimate of drug-likeness (QED) is 0.707. The van der Waals surface area contributed by atoms with Crippen LogP contribution in [0.1, 0.15) is 39.5 Å². The van der Waals surface area contributed by atoms with Gasteiger partial charge in [0, 0.05) is 12.6 Å². The average Bonchev–Trinajstić information content (AvgIpc) is 2.04. The number of nitrogens with zero attached hydrogens (tertiary/aromatic N) is 1. The molecule has 0 spiro atoms. The molecule has 1 aliphatic rings. The van der Waals surface area contributed by atoms with E-state index < -0.39 is 0 Å². The van der Waals surface area contributed by atoms with Gasteiger partial charge in [-0.3, -0.25) is 0 Å². The number of hydrogen-bond donors (Lipinski definition) is 1. The maximum Gasteiger partial charge on any atom is 0.0546 e. The van der Waals surface area contributed by atoms with E-state index in [9.17, 15) is 0 Å². The van der Waals surface area contributed by atoms with Crippen LogP contribution in [0.15, 0.2) is 0 Å². The van der Waals surface area contributed by atoms with Gasteiger partial charge in [-0.2, -0.15) is 0 Å². The molecule has 0 aromatic heterocycles. The van der Waals surface area contributed by atoms with Crippen LogP contribution in [0.4, 0.5) is 0 Å². The number of aliphatic hydroxyl groups is 1. The highest BCUT2D eigenvalue weighted by atomic mass is 16.3. The SMILES string of the molecule is CCC(CC)N(C)CC1CC(O)C1. The van der Waals surface area contributed by atoms with E-state index in [1.807, 2.05) is 0 Å². The molecule has 0 atom stereocenters. The molecule has 0 aromatic carbocycles. The van der Waals surface area contributed by atoms with Gasteiger partial charge in [-0.05, 0) is 38.6 Å². The van der Waals surface area contributed by atoms with Crippen molar-refractivity contribution in [3.63, 3.8) is 0 Å². The Morgan fingerprint density at radius 3 is 2.23 bits per heavy atom. The Morgan fingerprint density at radius 2 is 1.85 bits per heavy atom. The van der Waals surface area contributed by atoms with Crippen molar-refractivity contribution in [3.05, 3.63) is 0 Å². The van der Waals surface area contributed by atoms with Crippen LogP contribution in [0.2, 0.25) is 0 Å². The van der Waals surface area contributed by atoms with E-state index in [2.05, 4.69) is 25.8 Å². The summed E-state index contributed by atoms with van der Waals surface area (Å²) in [4.78, 5) is 2.45. The molecule has 1 N–H and O–H groups in total. The van der Waals surface area contributed by atoms with Crippen molar-refractivity contribution in [1.29, 1.82) is 0 Å². The lowest BCUT2D eigenvalue weighted by atomic mass is 9.82. The largest absolute Gasteiger partial charge is 0.393 e. The van der Waals surface area contributed by atoms with Crippen molar-refractivity contribution in [2.75, 3.05) is 13.6 Å². The minimum Gasteiger partial charge on any atom is -0.393 e. The normalized spacial score (nSPS) is 28.2. The van der Waals surface area contributed by atoms with Crippen LogP contribution in [-0.2, 0) is 0 Å². The molecule has 0 heterocycles. The number of rotatable bonds is 5. The fourth-order valence-corrected chi connectivity index (χ4v) is 2.32. The van der Waals surface area contributed by atoms with E-state index in [0.717, 1.165) is 24.8 Å². The van der Waals surface area contributed by atoms with E-state index in [-0.39, 0.29) is 6.10 Å². The van der Waals surface area contributed by atoms with E-state index in [1.165, 1.54) is 19.4 Å². The second kappa shape index (κ2) is 4.97. The Morgan fingerprint density at radius 1 is 1.31 bits per heavy atom. The van der Waals surface area contributed by atoms with E-state index in [4.69, 9.17) is 5.11 Å². The summed E-state index contributed by atoms with van der Waals surface area (Å²) in [6, 6.07) is 0.734. The molecule has 78 valence electrons. The molecule has 0 aromatic rings. The molecule has 0 aliphatic heterocycles. The van der Waals surface area contributed by atoms with Crippen LogP contribution in [0, 0.1) is 5.92 Å². The van der Waals surface area contributed by atoms with Crippen LogP contribution in [0.25, 0.3) is 0 Å². The first-order valence-electron chi connectivity index (χ1n) is 5.55. The average molecular weight is 185 g/mol. The number of aliphatic hydroxyl groups excluding tert-OH is 1. The molecule has 0 bridgehead atoms. The van der Waals surface area contributed by atoms with Crippen molar-refractivity contribution in [3.8, 4) is 0 Å². The summed E-state index contributed by atoms with van der Waals surface area (Å²) in [6.45, 7) is 5.67. The standard InChI is InChI=1S/C11H23NO/c1-4-10(5-2)12(3)8-9-6-11(13)7-9/h9-11,13H,4-8H2,1-3H3. The maximum atomic E-state index is 9.17. The van der Waals surface area contributed by atoms with Gasteiger partial charge in [0.1, 0.15) is 0 Å². The van der Waals surface area contributed by atoms with E-state index in [1.54, 1.807) is 0 Å². The van der Waals surface area contributed by atoms with Crippen LogP contribution in [0.3, 0.4) is 0 Å². The first-order chi connectivity index (χ1) is 6.17. The Balaban J connectivity index is 2.19. The number of hydrogen-bond acceptors (Lipinski definition) is 2. The van der Waals surface area contributed by atoms with Gasteiger partial charge in [0.05, 0.1) is 6.10 Å². The van der Waals surface area contributed by atoms with Gasteiger partial charge >= 0.3 is 0 Å². The van der Waals surface area contributed by atoms with Crippen molar-refractivity contribution in [1.82, 2.24) is 4.90 Å². The van der Waals surface area contributed by atoms with Crippen LogP contribution in [0.5, 0.6) is 0 Å². The van der Waals surface area contributed by atoms with Crippen molar-refractivity contribution >= 4 is 0 Å². The second-order valence-electron chi connectivity index (χ2n) is 4.40. The highest BCUT2D eigenvalue weighted by molar-refractivity contribution is 4.81. The van der Waals surface area contributed by atoms with Crippen molar-refractivity contribution in [2.24, 2.45) is 5.92 Å². The van der Waals surface area contributed by atoms with Crippen LogP contribution in [-0.4, -0.2) is 35.7 Å². The molecule has 13 heavy (non-hydrogen) atoms. The van der Waals surface area contributed by atoms with Gasteiger partial charge in [-0.1, -0.05) is 13.8 Å². The zero-order valence-electron chi connectivity index (χ0n) is 9.16. The summed E-state index contributed by atoms with van der Waals surface area (Å²) >= 11 is 0. The minimum atomic E-state index is 0.0000954. The zero-order valence-corrected chi connectivity index (χ0v) is 9.16. The summed E-state index contributed by atoms with van der Waals surface area (Å²) in [5.74, 6) is 0.751. The summed E-state index contributed by atoms with van der Waals surface area (Å²) < 4.78 is 0. The fourth-order valence-electron chi connectivity index (χ4n) is 2.32. The summed E-state index contributed by atoms with van der Waals surface area (Å²) in [6.07, 6.45) is 4.51. The zero-order chi connectivity index (χ0) is 9.84. The highest BCUT2D eigenvalue weighted by Crippen LogP contribution is 2.28. The molecular weight excluding hydrogens is 162 g/mol. The third-order valence-electron chi connectivity index (χ3n) is 3.32. The maximum absolute atomic E-state index is 9.17. The molecule has 0 saturated heterocycles. The molecule has 1 fully saturated rings. The molecule has 2 nitrogen and oxygen atoms in total. The lowest BCUT2D eigenvalue weighted by molar-refractivity contribution is 0.0214. The van der Waals surface area contributed by atoms with Gasteiger partial charge in [0.2, 0.25) is 0 Å². The summed E-state index contributed by atoms with van der Waals surface area (Å²) in [5.41, 5.74) is 0. The summed E-state index contributed by atoms with van der Waals surface area (Å²) in [7, 11) is 2.21. The van der Waals surface area contributed by atoms with Gasteiger partial charge in [0.25, 0.3) is 0 Å². The highest BCUT2D eigenvalue weighted by Gasteiger charge is 2.28. The Hall–Kier alpha value is -0.0800. The third kappa shape index (κ3) is 2.96. The molecule has 1 saturated carbocycles. The van der Waals surface area contributed by atoms with Crippen LogP contribution >= 0.6 is 0 Å².